The van der Waals surface area contributed by atoms with Crippen molar-refractivity contribution in [1.82, 2.24) is 0 Å². The molecule has 3 nitrogen and oxygen atoms in total. The van der Waals surface area contributed by atoms with Crippen molar-refractivity contribution < 1.29 is 14.6 Å². The smallest absolute Gasteiger partial charge is 0.313 e. The van der Waals surface area contributed by atoms with Crippen LogP contribution in [0.3, 0.4) is 0 Å². The third-order valence-electron chi connectivity index (χ3n) is 2.94. The molecule has 20 heavy (non-hydrogen) atoms. The maximum absolute atomic E-state index is 11.3. The van der Waals surface area contributed by atoms with E-state index in [9.17, 15) is 9.90 Å². The number of rotatable bonds is 6. The number of carboxylic acid groups (broad SMARTS) is 1. The molecule has 2 aromatic rings. The van der Waals surface area contributed by atoms with Gasteiger partial charge in [0.05, 0.1) is 13.2 Å². The van der Waals surface area contributed by atoms with Gasteiger partial charge < -0.3 is 9.84 Å². The second-order valence-electron chi connectivity index (χ2n) is 4.45. The summed E-state index contributed by atoms with van der Waals surface area (Å²) in [6.07, 6.45) is 0. The molecule has 2 rings (SSSR count). The number of carboxylic acids is 1. The Morgan fingerprint density at radius 3 is 2.55 bits per heavy atom. The first kappa shape index (κ1) is 14.6. The van der Waals surface area contributed by atoms with Gasteiger partial charge in [0.2, 0.25) is 0 Å². The minimum atomic E-state index is -0.887. The summed E-state index contributed by atoms with van der Waals surface area (Å²) in [7, 11) is 0. The van der Waals surface area contributed by atoms with Crippen LogP contribution in [0.4, 0.5) is 0 Å². The number of hydrogen-bond donors (Lipinski definition) is 1. The summed E-state index contributed by atoms with van der Waals surface area (Å²) < 4.78 is 5.51. The number of aliphatic carboxylic acids is 1. The van der Waals surface area contributed by atoms with Crippen LogP contribution >= 0.6 is 11.6 Å². The molecular weight excluding hydrogens is 276 g/mol. The van der Waals surface area contributed by atoms with Crippen molar-refractivity contribution in [2.75, 3.05) is 6.61 Å². The number of ether oxygens (including phenoxy) is 1. The molecule has 104 valence electrons. The van der Waals surface area contributed by atoms with Gasteiger partial charge in [-0.2, -0.15) is 0 Å². The van der Waals surface area contributed by atoms with Crippen molar-refractivity contribution in [2.45, 2.75) is 12.5 Å². The molecule has 0 fully saturated rings. The highest BCUT2D eigenvalue weighted by atomic mass is 35.5. The number of carbonyl (C=O) groups is 1. The lowest BCUT2D eigenvalue weighted by molar-refractivity contribution is -0.140. The van der Waals surface area contributed by atoms with Gasteiger partial charge in [-0.05, 0) is 23.3 Å². The summed E-state index contributed by atoms with van der Waals surface area (Å²) in [5.74, 6) is -1.54. The SMILES string of the molecule is O=C(O)C(COCc1cccc(Cl)c1)c1ccccc1. The molecule has 1 unspecified atom stereocenters. The molecule has 0 bridgehead atoms. The fourth-order valence-electron chi connectivity index (χ4n) is 1.92. The first-order chi connectivity index (χ1) is 9.66. The van der Waals surface area contributed by atoms with Crippen LogP contribution in [0.1, 0.15) is 17.0 Å². The highest BCUT2D eigenvalue weighted by Crippen LogP contribution is 2.17. The van der Waals surface area contributed by atoms with Gasteiger partial charge in [0.25, 0.3) is 0 Å². The molecule has 0 heterocycles. The van der Waals surface area contributed by atoms with E-state index in [1.165, 1.54) is 0 Å². The summed E-state index contributed by atoms with van der Waals surface area (Å²) >= 11 is 5.88. The average molecular weight is 291 g/mol. The zero-order valence-corrected chi connectivity index (χ0v) is 11.6. The standard InChI is InChI=1S/C16H15ClO3/c17-14-8-4-5-12(9-14)10-20-11-15(16(18)19)13-6-2-1-3-7-13/h1-9,15H,10-11H2,(H,18,19). The number of benzene rings is 2. The normalized spacial score (nSPS) is 12.1. The fraction of sp³-hybridized carbons (Fsp3) is 0.188. The second kappa shape index (κ2) is 7.08. The topological polar surface area (TPSA) is 46.5 Å². The molecule has 0 aromatic heterocycles. The predicted octanol–water partition coefficient (Wildman–Crippen LogP) is 3.73. The highest BCUT2D eigenvalue weighted by molar-refractivity contribution is 6.30. The van der Waals surface area contributed by atoms with Crippen molar-refractivity contribution in [3.63, 3.8) is 0 Å². The number of hydrogen-bond acceptors (Lipinski definition) is 2. The zero-order valence-electron chi connectivity index (χ0n) is 10.8. The van der Waals surface area contributed by atoms with E-state index in [4.69, 9.17) is 16.3 Å². The third kappa shape index (κ3) is 4.08. The van der Waals surface area contributed by atoms with Crippen LogP contribution in [-0.4, -0.2) is 17.7 Å². The molecule has 0 saturated heterocycles. The van der Waals surface area contributed by atoms with E-state index in [1.54, 1.807) is 24.3 Å². The van der Waals surface area contributed by atoms with Crippen LogP contribution in [0.2, 0.25) is 5.02 Å². The van der Waals surface area contributed by atoms with Crippen LogP contribution in [-0.2, 0) is 16.1 Å². The third-order valence-corrected chi connectivity index (χ3v) is 3.18. The molecule has 1 atom stereocenters. The lowest BCUT2D eigenvalue weighted by Crippen LogP contribution is -2.17. The summed E-state index contributed by atoms with van der Waals surface area (Å²) in [6.45, 7) is 0.475. The molecule has 2 aromatic carbocycles. The van der Waals surface area contributed by atoms with Crippen molar-refractivity contribution in [1.29, 1.82) is 0 Å². The monoisotopic (exact) mass is 290 g/mol. The van der Waals surface area contributed by atoms with Crippen molar-refractivity contribution in [3.8, 4) is 0 Å². The summed E-state index contributed by atoms with van der Waals surface area (Å²) in [5.41, 5.74) is 1.67. The molecule has 0 aliphatic rings. The first-order valence-electron chi connectivity index (χ1n) is 6.27. The zero-order chi connectivity index (χ0) is 14.4. The Morgan fingerprint density at radius 1 is 1.15 bits per heavy atom. The summed E-state index contributed by atoms with van der Waals surface area (Å²) in [4.78, 5) is 11.3. The molecule has 0 saturated carbocycles. The molecule has 0 radical (unpaired) electrons. The van der Waals surface area contributed by atoms with E-state index in [0.29, 0.717) is 11.6 Å². The molecule has 1 N–H and O–H groups in total. The molecule has 0 spiro atoms. The molecule has 0 aliphatic heterocycles. The van der Waals surface area contributed by atoms with E-state index >= 15 is 0 Å². The Kier molecular flexibility index (Phi) is 5.16. The largest absolute Gasteiger partial charge is 0.481 e. The quantitative estimate of drug-likeness (QED) is 0.882. The van der Waals surface area contributed by atoms with E-state index in [-0.39, 0.29) is 6.61 Å². The van der Waals surface area contributed by atoms with E-state index in [2.05, 4.69) is 0 Å². The lowest BCUT2D eigenvalue weighted by atomic mass is 10.0. The lowest BCUT2D eigenvalue weighted by Gasteiger charge is -2.13. The van der Waals surface area contributed by atoms with Crippen molar-refractivity contribution >= 4 is 17.6 Å². The Labute approximate surface area is 122 Å². The van der Waals surface area contributed by atoms with Crippen LogP contribution in [0.25, 0.3) is 0 Å². The average Bonchev–Trinajstić information content (AvgIpc) is 2.44. The maximum Gasteiger partial charge on any atom is 0.313 e. The van der Waals surface area contributed by atoms with Gasteiger partial charge in [-0.25, -0.2) is 0 Å². The molecule has 0 aliphatic carbocycles. The Morgan fingerprint density at radius 2 is 1.90 bits per heavy atom. The van der Waals surface area contributed by atoms with Gasteiger partial charge in [-0.3, -0.25) is 4.79 Å². The van der Waals surface area contributed by atoms with Crippen LogP contribution in [0, 0.1) is 0 Å². The van der Waals surface area contributed by atoms with Gasteiger partial charge in [-0.15, -0.1) is 0 Å². The van der Waals surface area contributed by atoms with Crippen LogP contribution in [0.5, 0.6) is 0 Å². The van der Waals surface area contributed by atoms with E-state index in [0.717, 1.165) is 11.1 Å². The maximum atomic E-state index is 11.3. The Hall–Kier alpha value is -1.84. The minimum absolute atomic E-state index is 0.131. The number of halogens is 1. The van der Waals surface area contributed by atoms with Crippen LogP contribution in [0.15, 0.2) is 54.6 Å². The fourth-order valence-corrected chi connectivity index (χ4v) is 2.13. The predicted molar refractivity (Wildman–Crippen MR) is 77.9 cm³/mol. The molecular formula is C16H15ClO3. The van der Waals surface area contributed by atoms with Gasteiger partial charge in [0.15, 0.2) is 0 Å². The Bertz CT molecular complexity index is 569. The summed E-state index contributed by atoms with van der Waals surface area (Å²) in [6, 6.07) is 16.4. The van der Waals surface area contributed by atoms with Crippen molar-refractivity contribution in [3.05, 3.63) is 70.7 Å². The first-order valence-corrected chi connectivity index (χ1v) is 6.64. The van der Waals surface area contributed by atoms with Gasteiger partial charge in [0, 0.05) is 5.02 Å². The molecule has 4 heteroatoms. The van der Waals surface area contributed by atoms with E-state index in [1.807, 2.05) is 30.3 Å². The van der Waals surface area contributed by atoms with Gasteiger partial charge >= 0.3 is 5.97 Å². The minimum Gasteiger partial charge on any atom is -0.481 e. The second-order valence-corrected chi connectivity index (χ2v) is 4.88. The van der Waals surface area contributed by atoms with Gasteiger partial charge in [0.1, 0.15) is 5.92 Å². The highest BCUT2D eigenvalue weighted by Gasteiger charge is 2.19. The Balaban J connectivity index is 1.95. The van der Waals surface area contributed by atoms with Gasteiger partial charge in [-0.1, -0.05) is 54.1 Å². The molecule has 0 amide bonds. The van der Waals surface area contributed by atoms with E-state index < -0.39 is 11.9 Å². The summed E-state index contributed by atoms with van der Waals surface area (Å²) in [5, 5.41) is 9.91. The van der Waals surface area contributed by atoms with Crippen molar-refractivity contribution in [2.24, 2.45) is 0 Å². The van der Waals surface area contributed by atoms with Crippen LogP contribution < -0.4 is 0 Å².